The van der Waals surface area contributed by atoms with Crippen molar-refractivity contribution in [2.24, 2.45) is 0 Å². The van der Waals surface area contributed by atoms with Crippen molar-refractivity contribution in [2.75, 3.05) is 19.0 Å². The van der Waals surface area contributed by atoms with E-state index in [1.54, 1.807) is 5.56 Å². The summed E-state index contributed by atoms with van der Waals surface area (Å²) in [6.07, 6.45) is 8.20. The van der Waals surface area contributed by atoms with Gasteiger partial charge in [-0.3, -0.25) is 4.90 Å². The molecule has 1 N–H and O–H groups in total. The molecule has 168 valence electrons. The molecule has 4 aromatic rings. The standard InChI is InChI=1S/C30H33N3/c1-32(24-16-18-30(19-17-24)26-13-7-9-15-28(26)33(30)2)29(22-10-4-3-5-11-22)20-23-21-31-27-14-8-6-12-25(23)27/h3-15,21,24,29,31H,16-20H2,1-2H3. The Kier molecular flexibility index (Phi) is 5.03. The summed E-state index contributed by atoms with van der Waals surface area (Å²) in [6, 6.07) is 29.7. The number of hydrogen-bond donors (Lipinski definition) is 1. The second-order valence-corrected chi connectivity index (χ2v) is 9.99. The third-order valence-corrected chi connectivity index (χ3v) is 8.53. The highest BCUT2D eigenvalue weighted by molar-refractivity contribution is 5.83. The van der Waals surface area contributed by atoms with Crippen LogP contribution < -0.4 is 4.90 Å². The first-order chi connectivity index (χ1) is 16.2. The number of para-hydroxylation sites is 2. The van der Waals surface area contributed by atoms with Gasteiger partial charge in [-0.1, -0.05) is 66.7 Å². The molecule has 3 aromatic carbocycles. The van der Waals surface area contributed by atoms with Crippen LogP contribution in [-0.4, -0.2) is 30.0 Å². The van der Waals surface area contributed by atoms with Crippen LogP contribution in [0.3, 0.4) is 0 Å². The van der Waals surface area contributed by atoms with Crippen molar-refractivity contribution in [1.29, 1.82) is 0 Å². The molecule has 1 aliphatic heterocycles. The lowest BCUT2D eigenvalue weighted by Gasteiger charge is -2.57. The molecule has 1 fully saturated rings. The summed E-state index contributed by atoms with van der Waals surface area (Å²) >= 11 is 0. The molecule has 1 saturated carbocycles. The lowest BCUT2D eigenvalue weighted by molar-refractivity contribution is 0.102. The van der Waals surface area contributed by atoms with Gasteiger partial charge >= 0.3 is 0 Å². The molecule has 3 heteroatoms. The normalized spacial score (nSPS) is 23.0. The van der Waals surface area contributed by atoms with Gasteiger partial charge in [0.15, 0.2) is 0 Å². The molecule has 33 heavy (non-hydrogen) atoms. The van der Waals surface area contributed by atoms with Crippen molar-refractivity contribution < 1.29 is 0 Å². The summed E-state index contributed by atoms with van der Waals surface area (Å²) in [7, 11) is 4.64. The molecule has 0 saturated heterocycles. The predicted octanol–water partition coefficient (Wildman–Crippen LogP) is 6.67. The van der Waals surface area contributed by atoms with Crippen LogP contribution in [0.5, 0.6) is 0 Å². The van der Waals surface area contributed by atoms with Crippen LogP contribution in [0.2, 0.25) is 0 Å². The van der Waals surface area contributed by atoms with Crippen molar-refractivity contribution in [2.45, 2.75) is 49.7 Å². The summed E-state index contributed by atoms with van der Waals surface area (Å²) in [5.41, 5.74) is 7.29. The third kappa shape index (κ3) is 3.29. The fourth-order valence-corrected chi connectivity index (χ4v) is 6.55. The predicted molar refractivity (Wildman–Crippen MR) is 138 cm³/mol. The molecule has 6 rings (SSSR count). The van der Waals surface area contributed by atoms with Gasteiger partial charge in [0.05, 0.1) is 5.54 Å². The van der Waals surface area contributed by atoms with E-state index in [0.29, 0.717) is 12.1 Å². The minimum Gasteiger partial charge on any atom is -0.364 e. The fourth-order valence-electron chi connectivity index (χ4n) is 6.55. The van der Waals surface area contributed by atoms with Crippen molar-refractivity contribution >= 4 is 16.6 Å². The van der Waals surface area contributed by atoms with Crippen LogP contribution >= 0.6 is 0 Å². The summed E-state index contributed by atoms with van der Waals surface area (Å²) in [4.78, 5) is 8.70. The first-order valence-electron chi connectivity index (χ1n) is 12.3. The Labute approximate surface area is 197 Å². The number of likely N-dealkylation sites (N-methyl/N-ethyl adjacent to an activating group) is 1. The number of nitrogens with zero attached hydrogens (tertiary/aromatic N) is 2. The summed E-state index contributed by atoms with van der Waals surface area (Å²) in [6.45, 7) is 0. The van der Waals surface area contributed by atoms with Gasteiger partial charge in [-0.25, -0.2) is 0 Å². The van der Waals surface area contributed by atoms with E-state index in [-0.39, 0.29) is 5.54 Å². The summed E-state index contributed by atoms with van der Waals surface area (Å²) in [5, 5.41) is 1.35. The lowest BCUT2D eigenvalue weighted by Crippen LogP contribution is -2.56. The Morgan fingerprint density at radius 3 is 2.45 bits per heavy atom. The molecular weight excluding hydrogens is 402 g/mol. The maximum absolute atomic E-state index is 3.48. The number of nitrogens with one attached hydrogen (secondary N) is 1. The molecule has 0 amide bonds. The monoisotopic (exact) mass is 435 g/mol. The van der Waals surface area contributed by atoms with Crippen molar-refractivity contribution in [1.82, 2.24) is 9.88 Å². The van der Waals surface area contributed by atoms with Gasteiger partial charge in [0.25, 0.3) is 0 Å². The number of anilines is 1. The highest BCUT2D eigenvalue weighted by atomic mass is 15.3. The van der Waals surface area contributed by atoms with E-state index >= 15 is 0 Å². The molecule has 0 radical (unpaired) electrons. The van der Waals surface area contributed by atoms with Crippen LogP contribution in [0.1, 0.15) is 48.4 Å². The molecule has 1 unspecified atom stereocenters. The smallest absolute Gasteiger partial charge is 0.0671 e. The first kappa shape index (κ1) is 20.6. The van der Waals surface area contributed by atoms with Gasteiger partial charge in [-0.2, -0.15) is 0 Å². The Bertz CT molecular complexity index is 1250. The molecule has 2 aliphatic rings. The fraction of sp³-hybridized carbons (Fsp3) is 0.333. The van der Waals surface area contributed by atoms with E-state index in [1.807, 2.05) is 0 Å². The average molecular weight is 436 g/mol. The van der Waals surface area contributed by atoms with E-state index in [9.17, 15) is 0 Å². The molecule has 0 bridgehead atoms. The zero-order chi connectivity index (χ0) is 22.4. The highest BCUT2D eigenvalue weighted by Gasteiger charge is 2.49. The Morgan fingerprint density at radius 1 is 0.939 bits per heavy atom. The minimum absolute atomic E-state index is 0.257. The van der Waals surface area contributed by atoms with E-state index in [1.165, 1.54) is 53.4 Å². The van der Waals surface area contributed by atoms with Gasteiger partial charge in [-0.15, -0.1) is 0 Å². The van der Waals surface area contributed by atoms with Gasteiger partial charge in [0.1, 0.15) is 0 Å². The molecular formula is C30H33N3. The maximum Gasteiger partial charge on any atom is 0.0671 e. The van der Waals surface area contributed by atoms with E-state index < -0.39 is 0 Å². The van der Waals surface area contributed by atoms with E-state index in [4.69, 9.17) is 0 Å². The topological polar surface area (TPSA) is 22.3 Å². The Hall–Kier alpha value is -3.04. The Balaban J connectivity index is 1.25. The quantitative estimate of drug-likeness (QED) is 0.378. The van der Waals surface area contributed by atoms with Crippen molar-refractivity contribution in [3.8, 4) is 0 Å². The number of hydrogen-bond acceptors (Lipinski definition) is 2. The Morgan fingerprint density at radius 2 is 1.64 bits per heavy atom. The average Bonchev–Trinajstić information content (AvgIpc) is 3.30. The molecule has 1 atom stereocenters. The van der Waals surface area contributed by atoms with Gasteiger partial charge in [0.2, 0.25) is 0 Å². The number of rotatable bonds is 5. The van der Waals surface area contributed by atoms with Crippen LogP contribution in [0, 0.1) is 0 Å². The van der Waals surface area contributed by atoms with Gasteiger partial charge in [0, 0.05) is 47.5 Å². The largest absolute Gasteiger partial charge is 0.364 e. The number of aromatic amines is 1. The van der Waals surface area contributed by atoms with E-state index in [0.717, 1.165) is 6.42 Å². The minimum atomic E-state index is 0.257. The molecule has 1 spiro atoms. The number of benzene rings is 3. The second kappa shape index (κ2) is 8.07. The third-order valence-electron chi connectivity index (χ3n) is 8.53. The second-order valence-electron chi connectivity index (χ2n) is 9.99. The summed E-state index contributed by atoms with van der Waals surface area (Å²) < 4.78 is 0. The number of fused-ring (bicyclic) bond motifs is 3. The van der Waals surface area contributed by atoms with Crippen molar-refractivity contribution in [3.63, 3.8) is 0 Å². The number of H-pyrrole nitrogens is 1. The molecule has 3 nitrogen and oxygen atoms in total. The molecule has 1 aliphatic carbocycles. The summed E-state index contributed by atoms with van der Waals surface area (Å²) in [5.74, 6) is 0. The number of aromatic nitrogens is 1. The SMILES string of the molecule is CN(C1CCC2(CC1)c1ccccc1N2C)C(Cc1c[nH]c2ccccc12)c1ccccc1. The lowest BCUT2D eigenvalue weighted by atomic mass is 9.68. The van der Waals surface area contributed by atoms with Crippen LogP contribution in [0.15, 0.2) is 85.1 Å². The first-order valence-corrected chi connectivity index (χ1v) is 12.3. The van der Waals surface area contributed by atoms with Crippen LogP contribution in [0.4, 0.5) is 5.69 Å². The zero-order valence-electron chi connectivity index (χ0n) is 19.7. The van der Waals surface area contributed by atoms with Crippen LogP contribution in [-0.2, 0) is 12.0 Å². The van der Waals surface area contributed by atoms with Gasteiger partial charge < -0.3 is 9.88 Å². The molecule has 1 aromatic heterocycles. The van der Waals surface area contributed by atoms with Crippen LogP contribution in [0.25, 0.3) is 10.9 Å². The zero-order valence-corrected chi connectivity index (χ0v) is 19.7. The van der Waals surface area contributed by atoms with E-state index in [2.05, 4.69) is 114 Å². The van der Waals surface area contributed by atoms with Gasteiger partial charge in [-0.05, 0) is 62.4 Å². The highest BCUT2D eigenvalue weighted by Crippen LogP contribution is 2.55. The maximum atomic E-state index is 3.48. The molecule has 2 heterocycles. The van der Waals surface area contributed by atoms with Crippen molar-refractivity contribution in [3.05, 3.63) is 102 Å².